The highest BCUT2D eigenvalue weighted by atomic mass is 28.3. The highest BCUT2D eigenvalue weighted by Gasteiger charge is 2.18. The number of allylic oxidation sites excluding steroid dienone is 1. The molecule has 0 unspecified atom stereocenters. The van der Waals surface area contributed by atoms with E-state index < -0.39 is 8.07 Å². The van der Waals surface area contributed by atoms with Crippen LogP contribution in [0.2, 0.25) is 6.04 Å². The summed E-state index contributed by atoms with van der Waals surface area (Å²) >= 11 is 0. The van der Waals surface area contributed by atoms with Gasteiger partial charge in [0.25, 0.3) is 0 Å². The van der Waals surface area contributed by atoms with Gasteiger partial charge in [0.1, 0.15) is 8.07 Å². The average molecular weight is 150 g/mol. The quantitative estimate of drug-likeness (QED) is 0.417. The first-order valence-corrected chi connectivity index (χ1v) is 5.70. The van der Waals surface area contributed by atoms with Crippen LogP contribution in [0.1, 0.15) is 0 Å². The van der Waals surface area contributed by atoms with E-state index in [1.807, 2.05) is 23.2 Å². The summed E-state index contributed by atoms with van der Waals surface area (Å²) in [5, 5.41) is 0. The molecule has 0 N–H and O–H groups in total. The van der Waals surface area contributed by atoms with Crippen LogP contribution >= 0.6 is 0 Å². The van der Waals surface area contributed by atoms with Gasteiger partial charge in [0.15, 0.2) is 0 Å². The molecule has 0 aliphatic carbocycles. The third kappa shape index (κ3) is 1.85. The number of hydrogen-bond donors (Lipinski definition) is 0. The molecular weight excluding hydrogens is 136 g/mol. The molecule has 54 valence electrons. The minimum Gasteiger partial charge on any atom is -0.106 e. The molecule has 0 aromatic carbocycles. The molecule has 0 bridgehead atoms. The van der Waals surface area contributed by atoms with Crippen molar-refractivity contribution in [2.24, 2.45) is 0 Å². The fourth-order valence-electron chi connectivity index (χ4n) is 0.750. The van der Waals surface area contributed by atoms with E-state index in [-0.39, 0.29) is 0 Å². The summed E-state index contributed by atoms with van der Waals surface area (Å²) in [6.07, 6.45) is 1.90. The first-order chi connectivity index (χ1) is 4.74. The maximum atomic E-state index is 3.76. The Kier molecular flexibility index (Phi) is 3.73. The molecule has 0 heterocycles. The summed E-state index contributed by atoms with van der Waals surface area (Å²) in [6, 6.07) is 0.962. The van der Waals surface area contributed by atoms with Gasteiger partial charge in [-0.25, -0.2) is 0 Å². The van der Waals surface area contributed by atoms with Crippen LogP contribution < -0.4 is 0 Å². The topological polar surface area (TPSA) is 0 Å². The minimum absolute atomic E-state index is 0.962. The molecule has 10 heavy (non-hydrogen) atoms. The number of rotatable bonds is 5. The Morgan fingerprint density at radius 1 is 0.900 bits per heavy atom. The van der Waals surface area contributed by atoms with Crippen LogP contribution in [0.5, 0.6) is 0 Å². The average Bonchev–Trinajstić information content (AvgIpc) is 2.01. The summed E-state index contributed by atoms with van der Waals surface area (Å²) in [6.45, 7) is 15.0. The summed E-state index contributed by atoms with van der Waals surface area (Å²) in [5.74, 6) is 0. The van der Waals surface area contributed by atoms with E-state index in [2.05, 4.69) is 26.3 Å². The smallest absolute Gasteiger partial charge is 0.106 e. The highest BCUT2D eigenvalue weighted by Crippen LogP contribution is 2.13. The first kappa shape index (κ1) is 9.18. The van der Waals surface area contributed by atoms with Crippen molar-refractivity contribution in [2.45, 2.75) is 6.04 Å². The van der Waals surface area contributed by atoms with E-state index >= 15 is 0 Å². The van der Waals surface area contributed by atoms with Gasteiger partial charge in [0.05, 0.1) is 0 Å². The van der Waals surface area contributed by atoms with Crippen LogP contribution in [-0.2, 0) is 0 Å². The molecule has 0 aromatic rings. The molecule has 0 rings (SSSR count). The van der Waals surface area contributed by atoms with Gasteiger partial charge in [-0.05, 0) is 6.04 Å². The van der Waals surface area contributed by atoms with Gasteiger partial charge < -0.3 is 0 Å². The Hall–Kier alpha value is -0.823. The Morgan fingerprint density at radius 2 is 1.30 bits per heavy atom. The van der Waals surface area contributed by atoms with E-state index in [0.717, 1.165) is 6.04 Å². The monoisotopic (exact) mass is 150 g/mol. The summed E-state index contributed by atoms with van der Waals surface area (Å²) in [4.78, 5) is 0. The van der Waals surface area contributed by atoms with E-state index in [1.165, 1.54) is 0 Å². The van der Waals surface area contributed by atoms with Gasteiger partial charge in [0.2, 0.25) is 0 Å². The van der Waals surface area contributed by atoms with E-state index in [9.17, 15) is 0 Å². The lowest BCUT2D eigenvalue weighted by Crippen LogP contribution is -2.25. The van der Waals surface area contributed by atoms with Crippen molar-refractivity contribution in [3.05, 3.63) is 49.5 Å². The SMILES string of the molecule is C=CC[Si](C=C)(C=C)C=C. The maximum Gasteiger partial charge on any atom is 0.128 e. The van der Waals surface area contributed by atoms with Crippen molar-refractivity contribution in [2.75, 3.05) is 0 Å². The van der Waals surface area contributed by atoms with Gasteiger partial charge >= 0.3 is 0 Å². The molecule has 0 radical (unpaired) electrons. The third-order valence-corrected chi connectivity index (χ3v) is 4.91. The first-order valence-electron chi connectivity index (χ1n) is 3.26. The molecule has 0 atom stereocenters. The lowest BCUT2D eigenvalue weighted by atomic mass is 10.8. The van der Waals surface area contributed by atoms with E-state index in [0.29, 0.717) is 0 Å². The summed E-state index contributed by atoms with van der Waals surface area (Å²) in [7, 11) is -1.54. The largest absolute Gasteiger partial charge is 0.128 e. The molecule has 0 nitrogen and oxygen atoms in total. The molecule has 0 saturated carbocycles. The fraction of sp³-hybridized carbons (Fsp3) is 0.111. The van der Waals surface area contributed by atoms with Gasteiger partial charge in [-0.15, -0.1) is 26.3 Å². The van der Waals surface area contributed by atoms with E-state index in [1.54, 1.807) is 0 Å². The second-order valence-corrected chi connectivity index (χ2v) is 6.08. The normalized spacial score (nSPS) is 10.0. The van der Waals surface area contributed by atoms with Crippen molar-refractivity contribution in [3.63, 3.8) is 0 Å². The molecule has 0 aliphatic heterocycles. The predicted molar refractivity (Wildman–Crippen MR) is 51.3 cm³/mol. The van der Waals surface area contributed by atoms with Crippen LogP contribution in [0, 0.1) is 0 Å². The van der Waals surface area contributed by atoms with Gasteiger partial charge in [-0.3, -0.25) is 0 Å². The van der Waals surface area contributed by atoms with Crippen LogP contribution in [0.15, 0.2) is 49.5 Å². The van der Waals surface area contributed by atoms with Crippen LogP contribution in [0.25, 0.3) is 0 Å². The maximum absolute atomic E-state index is 3.76. The Bertz CT molecular complexity index is 134. The Balaban J connectivity index is 4.43. The molecule has 1 heteroatoms. The summed E-state index contributed by atoms with van der Waals surface area (Å²) < 4.78 is 0. The zero-order valence-corrected chi connectivity index (χ0v) is 7.34. The Labute approximate surface area is 64.3 Å². The van der Waals surface area contributed by atoms with Crippen molar-refractivity contribution in [1.29, 1.82) is 0 Å². The molecule has 0 saturated heterocycles. The van der Waals surface area contributed by atoms with Crippen molar-refractivity contribution < 1.29 is 0 Å². The van der Waals surface area contributed by atoms with Crippen molar-refractivity contribution >= 4 is 8.07 Å². The third-order valence-electron chi connectivity index (χ3n) is 1.64. The summed E-state index contributed by atoms with van der Waals surface area (Å²) in [5.41, 5.74) is 5.90. The lowest BCUT2D eigenvalue weighted by Gasteiger charge is -2.15. The van der Waals surface area contributed by atoms with Crippen LogP contribution in [-0.4, -0.2) is 8.07 Å². The van der Waals surface area contributed by atoms with E-state index in [4.69, 9.17) is 0 Å². The second-order valence-electron chi connectivity index (χ2n) is 2.22. The molecule has 0 aliphatic rings. The van der Waals surface area contributed by atoms with Gasteiger partial charge in [-0.2, -0.15) is 0 Å². The second kappa shape index (κ2) is 4.07. The highest BCUT2D eigenvalue weighted by molar-refractivity contribution is 6.93. The molecule has 0 spiro atoms. The molecule has 0 aromatic heterocycles. The zero-order chi connectivity index (χ0) is 8.04. The molecular formula is C9H14Si. The predicted octanol–water partition coefficient (Wildman–Crippen LogP) is 2.80. The number of hydrogen-bond acceptors (Lipinski definition) is 0. The molecule has 0 fully saturated rings. The lowest BCUT2D eigenvalue weighted by molar-refractivity contribution is 1.63. The van der Waals surface area contributed by atoms with Gasteiger partial charge in [-0.1, -0.05) is 23.2 Å². The Morgan fingerprint density at radius 3 is 1.40 bits per heavy atom. The standard InChI is InChI=1S/C9H14Si/c1-5-9-10(6-2,7-3)8-4/h5-8H,1-4,9H2. The van der Waals surface area contributed by atoms with Crippen LogP contribution in [0.4, 0.5) is 0 Å². The van der Waals surface area contributed by atoms with Crippen LogP contribution in [0.3, 0.4) is 0 Å². The minimum atomic E-state index is -1.54. The van der Waals surface area contributed by atoms with Crippen molar-refractivity contribution in [1.82, 2.24) is 0 Å². The zero-order valence-electron chi connectivity index (χ0n) is 6.34. The fourth-order valence-corrected chi connectivity index (χ4v) is 2.25. The molecule has 0 amide bonds. The van der Waals surface area contributed by atoms with Gasteiger partial charge in [0, 0.05) is 0 Å². The van der Waals surface area contributed by atoms with Crippen molar-refractivity contribution in [3.8, 4) is 0 Å².